The number of rotatable bonds is 9. The van der Waals surface area contributed by atoms with Gasteiger partial charge in [0.1, 0.15) is 0 Å². The third kappa shape index (κ3) is 7.84. The van der Waals surface area contributed by atoms with Gasteiger partial charge in [0.05, 0.1) is 0 Å². The molecule has 0 spiro atoms. The highest BCUT2D eigenvalue weighted by Gasteiger charge is 2.17. The summed E-state index contributed by atoms with van der Waals surface area (Å²) in [6, 6.07) is 0. The molecular formula is C17H34. The molecule has 0 atom stereocenters. The van der Waals surface area contributed by atoms with Gasteiger partial charge in [0.2, 0.25) is 0 Å². The van der Waals surface area contributed by atoms with E-state index in [0.717, 1.165) is 11.8 Å². The van der Waals surface area contributed by atoms with Gasteiger partial charge in [-0.15, -0.1) is 0 Å². The highest BCUT2D eigenvalue weighted by atomic mass is 14.2. The number of unbranched alkanes of at least 4 members (excludes halogenated alkanes) is 7. The van der Waals surface area contributed by atoms with Crippen LogP contribution < -0.4 is 0 Å². The molecule has 0 amide bonds. The molecule has 0 radical (unpaired) electrons. The van der Waals surface area contributed by atoms with Crippen molar-refractivity contribution in [3.05, 3.63) is 0 Å². The Hall–Kier alpha value is 0. The first-order valence-corrected chi connectivity index (χ1v) is 8.33. The molecule has 0 nitrogen and oxygen atoms in total. The molecule has 0 aromatic rings. The molecule has 0 N–H and O–H groups in total. The van der Waals surface area contributed by atoms with Gasteiger partial charge in [0.25, 0.3) is 0 Å². The molecule has 102 valence electrons. The molecule has 1 saturated carbocycles. The molecule has 0 saturated heterocycles. The van der Waals surface area contributed by atoms with Gasteiger partial charge >= 0.3 is 0 Å². The van der Waals surface area contributed by atoms with Gasteiger partial charge in [-0.25, -0.2) is 0 Å². The molecule has 0 aromatic carbocycles. The fourth-order valence-corrected chi connectivity index (χ4v) is 3.18. The van der Waals surface area contributed by atoms with E-state index >= 15 is 0 Å². The van der Waals surface area contributed by atoms with E-state index in [0.29, 0.717) is 0 Å². The Morgan fingerprint density at radius 2 is 1.24 bits per heavy atom. The minimum absolute atomic E-state index is 1.02. The number of hydrogen-bond acceptors (Lipinski definition) is 0. The molecule has 1 rings (SSSR count). The molecule has 1 fully saturated rings. The largest absolute Gasteiger partial charge is 0.0654 e. The minimum atomic E-state index is 1.02. The van der Waals surface area contributed by atoms with Crippen LogP contribution in [0, 0.1) is 11.8 Å². The Morgan fingerprint density at radius 3 is 1.82 bits per heavy atom. The van der Waals surface area contributed by atoms with Crippen LogP contribution in [0.4, 0.5) is 0 Å². The molecule has 0 aromatic heterocycles. The zero-order valence-electron chi connectivity index (χ0n) is 12.3. The summed E-state index contributed by atoms with van der Waals surface area (Å²) in [5.74, 6) is 2.11. The molecule has 0 unspecified atom stereocenters. The lowest BCUT2D eigenvalue weighted by Gasteiger charge is -2.26. The molecule has 1 aliphatic rings. The van der Waals surface area contributed by atoms with Crippen molar-refractivity contribution >= 4 is 0 Å². The second kappa shape index (κ2) is 9.97. The summed E-state index contributed by atoms with van der Waals surface area (Å²) in [6.45, 7) is 4.72. The Balaban J connectivity index is 1.81. The maximum atomic E-state index is 2.42. The zero-order valence-corrected chi connectivity index (χ0v) is 12.3. The van der Waals surface area contributed by atoms with Crippen LogP contribution in [0.25, 0.3) is 0 Å². The Morgan fingerprint density at radius 1 is 0.706 bits per heavy atom. The minimum Gasteiger partial charge on any atom is -0.0654 e. The van der Waals surface area contributed by atoms with Gasteiger partial charge in [0.15, 0.2) is 0 Å². The molecule has 0 heterocycles. The van der Waals surface area contributed by atoms with Gasteiger partial charge in [0, 0.05) is 0 Å². The highest BCUT2D eigenvalue weighted by Crippen LogP contribution is 2.31. The SMILES string of the molecule is CCCCCCCCCCC1CCC(C)CC1. The van der Waals surface area contributed by atoms with Crippen LogP contribution in [0.2, 0.25) is 0 Å². The summed E-state index contributed by atoms with van der Waals surface area (Å²) in [5, 5.41) is 0. The Labute approximate surface area is 110 Å². The van der Waals surface area contributed by atoms with E-state index in [9.17, 15) is 0 Å². The second-order valence-electron chi connectivity index (χ2n) is 6.39. The van der Waals surface area contributed by atoms with Crippen LogP contribution in [0.3, 0.4) is 0 Å². The van der Waals surface area contributed by atoms with Gasteiger partial charge in [-0.05, 0) is 11.8 Å². The zero-order chi connectivity index (χ0) is 12.3. The lowest BCUT2D eigenvalue weighted by molar-refractivity contribution is 0.271. The predicted molar refractivity (Wildman–Crippen MR) is 78.3 cm³/mol. The average Bonchev–Trinajstić information content (AvgIpc) is 2.35. The van der Waals surface area contributed by atoms with Crippen molar-refractivity contribution in [3.8, 4) is 0 Å². The molecule has 1 aliphatic carbocycles. The standard InChI is InChI=1S/C17H34/c1-3-4-5-6-7-8-9-10-11-17-14-12-16(2)13-15-17/h16-17H,3-15H2,1-2H3. The van der Waals surface area contributed by atoms with Crippen molar-refractivity contribution in [2.45, 2.75) is 97.3 Å². The van der Waals surface area contributed by atoms with E-state index in [1.807, 2.05) is 0 Å². The smallest absolute Gasteiger partial charge is 0.0414 e. The van der Waals surface area contributed by atoms with Crippen LogP contribution in [-0.2, 0) is 0 Å². The fourth-order valence-electron chi connectivity index (χ4n) is 3.18. The maximum absolute atomic E-state index is 2.42. The highest BCUT2D eigenvalue weighted by molar-refractivity contribution is 4.69. The van der Waals surface area contributed by atoms with Crippen LogP contribution in [0.15, 0.2) is 0 Å². The van der Waals surface area contributed by atoms with Gasteiger partial charge in [-0.3, -0.25) is 0 Å². The van der Waals surface area contributed by atoms with Gasteiger partial charge in [-0.2, -0.15) is 0 Å². The maximum Gasteiger partial charge on any atom is -0.0414 e. The lowest BCUT2D eigenvalue weighted by Crippen LogP contribution is -2.12. The Kier molecular flexibility index (Phi) is 8.83. The van der Waals surface area contributed by atoms with Crippen LogP contribution in [-0.4, -0.2) is 0 Å². The third-order valence-electron chi connectivity index (χ3n) is 4.60. The van der Waals surface area contributed by atoms with Gasteiger partial charge < -0.3 is 0 Å². The summed E-state index contributed by atoms with van der Waals surface area (Å²) in [4.78, 5) is 0. The van der Waals surface area contributed by atoms with E-state index in [-0.39, 0.29) is 0 Å². The topological polar surface area (TPSA) is 0 Å². The normalized spacial score (nSPS) is 25.1. The number of hydrogen-bond donors (Lipinski definition) is 0. The van der Waals surface area contributed by atoms with E-state index in [2.05, 4.69) is 13.8 Å². The lowest BCUT2D eigenvalue weighted by atomic mass is 9.80. The van der Waals surface area contributed by atoms with E-state index in [1.54, 1.807) is 0 Å². The summed E-state index contributed by atoms with van der Waals surface area (Å²) in [7, 11) is 0. The van der Waals surface area contributed by atoms with Crippen LogP contribution in [0.5, 0.6) is 0 Å². The van der Waals surface area contributed by atoms with Crippen molar-refractivity contribution in [2.24, 2.45) is 11.8 Å². The van der Waals surface area contributed by atoms with Gasteiger partial charge in [-0.1, -0.05) is 97.3 Å². The molecule has 0 aliphatic heterocycles. The quantitative estimate of drug-likeness (QED) is 0.411. The fraction of sp³-hybridized carbons (Fsp3) is 1.00. The monoisotopic (exact) mass is 238 g/mol. The first-order chi connectivity index (χ1) is 8.33. The first-order valence-electron chi connectivity index (χ1n) is 8.33. The van der Waals surface area contributed by atoms with Crippen molar-refractivity contribution in [1.29, 1.82) is 0 Å². The van der Waals surface area contributed by atoms with E-state index in [1.165, 1.54) is 83.5 Å². The van der Waals surface area contributed by atoms with Crippen LogP contribution >= 0.6 is 0 Å². The summed E-state index contributed by atoms with van der Waals surface area (Å²) in [5.41, 5.74) is 0. The average molecular weight is 238 g/mol. The molecule has 0 bridgehead atoms. The Bertz CT molecular complexity index is 153. The summed E-state index contributed by atoms with van der Waals surface area (Å²) in [6.07, 6.45) is 19.3. The van der Waals surface area contributed by atoms with Crippen molar-refractivity contribution < 1.29 is 0 Å². The molecule has 0 heteroatoms. The first kappa shape index (κ1) is 15.1. The molecule has 17 heavy (non-hydrogen) atoms. The van der Waals surface area contributed by atoms with Crippen molar-refractivity contribution in [3.63, 3.8) is 0 Å². The van der Waals surface area contributed by atoms with Crippen molar-refractivity contribution in [2.75, 3.05) is 0 Å². The van der Waals surface area contributed by atoms with Crippen LogP contribution in [0.1, 0.15) is 97.3 Å². The summed E-state index contributed by atoms with van der Waals surface area (Å²) < 4.78 is 0. The van der Waals surface area contributed by atoms with Crippen molar-refractivity contribution in [1.82, 2.24) is 0 Å². The van der Waals surface area contributed by atoms with E-state index < -0.39 is 0 Å². The summed E-state index contributed by atoms with van der Waals surface area (Å²) >= 11 is 0. The predicted octanol–water partition coefficient (Wildman–Crippen LogP) is 6.34. The second-order valence-corrected chi connectivity index (χ2v) is 6.39. The third-order valence-corrected chi connectivity index (χ3v) is 4.60. The van der Waals surface area contributed by atoms with E-state index in [4.69, 9.17) is 0 Å². The molecular weight excluding hydrogens is 204 g/mol.